The van der Waals surface area contributed by atoms with Gasteiger partial charge in [-0.25, -0.2) is 9.97 Å². The second-order valence-corrected chi connectivity index (χ2v) is 4.18. The van der Waals surface area contributed by atoms with Crippen LogP contribution in [0.15, 0.2) is 36.7 Å². The third kappa shape index (κ3) is 1.69. The molecule has 3 heterocycles. The molecule has 0 bridgehead atoms. The van der Waals surface area contributed by atoms with Crippen LogP contribution < -0.4 is 5.73 Å². The molecule has 0 radical (unpaired) electrons. The highest BCUT2D eigenvalue weighted by Gasteiger charge is 2.11. The zero-order chi connectivity index (χ0) is 12.5. The third-order valence-electron chi connectivity index (χ3n) is 2.91. The van der Waals surface area contributed by atoms with Gasteiger partial charge in [0.25, 0.3) is 0 Å². The van der Waals surface area contributed by atoms with Gasteiger partial charge in [0.15, 0.2) is 5.65 Å². The Morgan fingerprint density at radius 3 is 2.83 bits per heavy atom. The van der Waals surface area contributed by atoms with Crippen molar-refractivity contribution in [3.63, 3.8) is 0 Å². The molecule has 5 heteroatoms. The van der Waals surface area contributed by atoms with E-state index in [2.05, 4.69) is 15.0 Å². The molecule has 3 aromatic rings. The number of hydrogen-bond donors (Lipinski definition) is 1. The lowest BCUT2D eigenvalue weighted by Gasteiger charge is -2.04. The van der Waals surface area contributed by atoms with Crippen molar-refractivity contribution in [3.05, 3.63) is 47.9 Å². The average Bonchev–Trinajstić information content (AvgIpc) is 2.70. The maximum Gasteiger partial charge on any atom is 0.202 e. The second-order valence-electron chi connectivity index (χ2n) is 4.18. The standard InChI is InChI=1S/C13H13N5/c1-9-5-7-16-12-11(9)17-13(14)18(12)8-10-4-2-3-6-15-10/h2-7H,8H2,1H3,(H2,14,17). The molecule has 3 aromatic heterocycles. The zero-order valence-corrected chi connectivity index (χ0v) is 10.0. The molecule has 0 amide bonds. The molecular weight excluding hydrogens is 226 g/mol. The van der Waals surface area contributed by atoms with Crippen LogP contribution in [-0.2, 0) is 6.54 Å². The highest BCUT2D eigenvalue weighted by atomic mass is 15.2. The smallest absolute Gasteiger partial charge is 0.202 e. The molecule has 0 aliphatic heterocycles. The summed E-state index contributed by atoms with van der Waals surface area (Å²) in [6, 6.07) is 7.73. The average molecular weight is 239 g/mol. The number of anilines is 1. The predicted molar refractivity (Wildman–Crippen MR) is 70.0 cm³/mol. The van der Waals surface area contributed by atoms with E-state index in [-0.39, 0.29) is 0 Å². The van der Waals surface area contributed by atoms with Crippen molar-refractivity contribution in [2.45, 2.75) is 13.5 Å². The summed E-state index contributed by atoms with van der Waals surface area (Å²) in [5.41, 5.74) is 9.62. The molecule has 0 spiro atoms. The van der Waals surface area contributed by atoms with Crippen LogP contribution in [0.2, 0.25) is 0 Å². The molecule has 0 unspecified atom stereocenters. The Labute approximate surface area is 104 Å². The molecule has 0 saturated heterocycles. The van der Waals surface area contributed by atoms with Gasteiger partial charge in [-0.3, -0.25) is 9.55 Å². The minimum Gasteiger partial charge on any atom is -0.369 e. The Bertz CT molecular complexity index is 687. The fourth-order valence-corrected chi connectivity index (χ4v) is 1.96. The normalized spacial score (nSPS) is 10.9. The minimum atomic E-state index is 0.470. The van der Waals surface area contributed by atoms with Gasteiger partial charge in [0.1, 0.15) is 5.52 Å². The Morgan fingerprint density at radius 2 is 2.06 bits per heavy atom. The lowest BCUT2D eigenvalue weighted by atomic mass is 10.3. The summed E-state index contributed by atoms with van der Waals surface area (Å²) in [7, 11) is 0. The Hall–Kier alpha value is -2.43. The number of imidazole rings is 1. The van der Waals surface area contributed by atoms with Crippen molar-refractivity contribution in [1.82, 2.24) is 19.5 Å². The van der Waals surface area contributed by atoms with Gasteiger partial charge in [-0.15, -0.1) is 0 Å². The quantitative estimate of drug-likeness (QED) is 0.739. The van der Waals surface area contributed by atoms with Crippen molar-refractivity contribution in [2.24, 2.45) is 0 Å². The summed E-state index contributed by atoms with van der Waals surface area (Å²) >= 11 is 0. The number of nitrogens with zero attached hydrogens (tertiary/aromatic N) is 4. The van der Waals surface area contributed by atoms with E-state index in [9.17, 15) is 0 Å². The molecule has 0 aliphatic carbocycles. The minimum absolute atomic E-state index is 0.470. The number of nitrogens with two attached hydrogens (primary N) is 1. The van der Waals surface area contributed by atoms with Crippen molar-refractivity contribution in [1.29, 1.82) is 0 Å². The van der Waals surface area contributed by atoms with Crippen molar-refractivity contribution < 1.29 is 0 Å². The number of nitrogen functional groups attached to an aromatic ring is 1. The van der Waals surface area contributed by atoms with E-state index >= 15 is 0 Å². The van der Waals surface area contributed by atoms with Crippen molar-refractivity contribution in [3.8, 4) is 0 Å². The van der Waals surface area contributed by atoms with Crippen LogP contribution >= 0.6 is 0 Å². The maximum absolute atomic E-state index is 5.95. The van der Waals surface area contributed by atoms with Crippen LogP contribution in [0.3, 0.4) is 0 Å². The number of fused-ring (bicyclic) bond motifs is 1. The molecule has 0 atom stereocenters. The first-order valence-electron chi connectivity index (χ1n) is 5.73. The van der Waals surface area contributed by atoms with Crippen LogP contribution in [0, 0.1) is 6.92 Å². The summed E-state index contributed by atoms with van der Waals surface area (Å²) in [6.45, 7) is 2.58. The van der Waals surface area contributed by atoms with E-state index in [4.69, 9.17) is 5.73 Å². The molecule has 0 aliphatic rings. The van der Waals surface area contributed by atoms with Crippen LogP contribution in [0.4, 0.5) is 5.95 Å². The summed E-state index contributed by atoms with van der Waals surface area (Å²) < 4.78 is 1.88. The van der Waals surface area contributed by atoms with Crippen molar-refractivity contribution >= 4 is 17.1 Å². The highest BCUT2D eigenvalue weighted by molar-refractivity contribution is 5.77. The van der Waals surface area contributed by atoms with Gasteiger partial charge in [0.05, 0.1) is 12.2 Å². The van der Waals surface area contributed by atoms with Crippen LogP contribution in [-0.4, -0.2) is 19.5 Å². The predicted octanol–water partition coefficient (Wildman–Crippen LogP) is 1.77. The first kappa shape index (κ1) is 10.7. The third-order valence-corrected chi connectivity index (χ3v) is 2.91. The second kappa shape index (κ2) is 4.10. The van der Waals surface area contributed by atoms with Gasteiger partial charge in [-0.1, -0.05) is 6.07 Å². The van der Waals surface area contributed by atoms with Crippen molar-refractivity contribution in [2.75, 3.05) is 5.73 Å². The molecular formula is C13H13N5. The van der Waals surface area contributed by atoms with Gasteiger partial charge in [-0.05, 0) is 30.7 Å². The lowest BCUT2D eigenvalue weighted by Crippen LogP contribution is -2.06. The molecule has 0 saturated carbocycles. The number of aromatic nitrogens is 4. The zero-order valence-electron chi connectivity index (χ0n) is 10.0. The van der Waals surface area contributed by atoms with E-state index in [0.29, 0.717) is 12.5 Å². The Kier molecular flexibility index (Phi) is 2.44. The fraction of sp³-hybridized carbons (Fsp3) is 0.154. The SMILES string of the molecule is Cc1ccnc2c1nc(N)n2Cc1ccccn1. The number of rotatable bonds is 2. The monoisotopic (exact) mass is 239 g/mol. The number of aryl methyl sites for hydroxylation is 1. The largest absolute Gasteiger partial charge is 0.369 e. The molecule has 3 rings (SSSR count). The highest BCUT2D eigenvalue weighted by Crippen LogP contribution is 2.19. The lowest BCUT2D eigenvalue weighted by molar-refractivity contribution is 0.800. The number of pyridine rings is 2. The number of hydrogen-bond acceptors (Lipinski definition) is 4. The summed E-state index contributed by atoms with van der Waals surface area (Å²) in [4.78, 5) is 13.0. The van der Waals surface area contributed by atoms with E-state index < -0.39 is 0 Å². The van der Waals surface area contributed by atoms with E-state index in [1.165, 1.54) is 0 Å². The van der Waals surface area contributed by atoms with Gasteiger partial charge in [0, 0.05) is 12.4 Å². The molecule has 90 valence electrons. The Morgan fingerprint density at radius 1 is 1.17 bits per heavy atom. The maximum atomic E-state index is 5.95. The van der Waals surface area contributed by atoms with E-state index in [1.807, 2.05) is 35.8 Å². The molecule has 0 aromatic carbocycles. The van der Waals surface area contributed by atoms with Gasteiger partial charge < -0.3 is 5.73 Å². The summed E-state index contributed by atoms with van der Waals surface area (Å²) in [5.74, 6) is 0.470. The first-order chi connectivity index (χ1) is 8.75. The fourth-order valence-electron chi connectivity index (χ4n) is 1.96. The van der Waals surface area contributed by atoms with E-state index in [1.54, 1.807) is 12.4 Å². The topological polar surface area (TPSA) is 69.6 Å². The van der Waals surface area contributed by atoms with Gasteiger partial charge >= 0.3 is 0 Å². The van der Waals surface area contributed by atoms with Crippen LogP contribution in [0.5, 0.6) is 0 Å². The summed E-state index contributed by atoms with van der Waals surface area (Å²) in [6.07, 6.45) is 3.54. The van der Waals surface area contributed by atoms with Gasteiger partial charge in [-0.2, -0.15) is 0 Å². The van der Waals surface area contributed by atoms with E-state index in [0.717, 1.165) is 22.4 Å². The molecule has 0 fully saturated rings. The summed E-state index contributed by atoms with van der Waals surface area (Å²) in [5, 5.41) is 0. The van der Waals surface area contributed by atoms with Crippen LogP contribution in [0.25, 0.3) is 11.2 Å². The molecule has 18 heavy (non-hydrogen) atoms. The molecule has 5 nitrogen and oxygen atoms in total. The molecule has 2 N–H and O–H groups in total. The van der Waals surface area contributed by atoms with Crippen LogP contribution in [0.1, 0.15) is 11.3 Å². The first-order valence-corrected chi connectivity index (χ1v) is 5.73. The van der Waals surface area contributed by atoms with Gasteiger partial charge in [0.2, 0.25) is 5.95 Å². The Balaban J connectivity index is 2.12.